The molecular formula is C8H17NO2. The molecule has 0 spiro atoms. The van der Waals surface area contributed by atoms with Gasteiger partial charge in [0.05, 0.1) is 6.61 Å². The van der Waals surface area contributed by atoms with Crippen molar-refractivity contribution in [2.75, 3.05) is 26.9 Å². The van der Waals surface area contributed by atoms with Crippen molar-refractivity contribution in [3.8, 4) is 0 Å². The number of rotatable bonds is 3. The van der Waals surface area contributed by atoms with Crippen LogP contribution in [0.5, 0.6) is 0 Å². The van der Waals surface area contributed by atoms with Gasteiger partial charge in [0.1, 0.15) is 0 Å². The summed E-state index contributed by atoms with van der Waals surface area (Å²) in [5.74, 6) is 0.601. The molecule has 1 fully saturated rings. The van der Waals surface area contributed by atoms with Crippen LogP contribution in [0.1, 0.15) is 12.8 Å². The van der Waals surface area contributed by atoms with Gasteiger partial charge in [-0.25, -0.2) is 0 Å². The minimum atomic E-state index is 0.198. The van der Waals surface area contributed by atoms with E-state index in [4.69, 9.17) is 15.2 Å². The molecule has 11 heavy (non-hydrogen) atoms. The van der Waals surface area contributed by atoms with Crippen molar-refractivity contribution in [2.45, 2.75) is 18.9 Å². The standard InChI is InChI=1S/C8H17NO2/c1-10-6-8(9)7-2-4-11-5-3-7/h7-8H,2-6,9H2,1H3/t8-/m1/s1. The van der Waals surface area contributed by atoms with E-state index in [2.05, 4.69) is 0 Å². The highest BCUT2D eigenvalue weighted by Gasteiger charge is 2.20. The molecule has 2 N–H and O–H groups in total. The maximum Gasteiger partial charge on any atom is 0.0616 e. The van der Waals surface area contributed by atoms with Gasteiger partial charge in [0.15, 0.2) is 0 Å². The molecule has 0 aromatic rings. The van der Waals surface area contributed by atoms with Crippen molar-refractivity contribution in [3.05, 3.63) is 0 Å². The predicted octanol–water partition coefficient (Wildman–Crippen LogP) is 0.387. The van der Waals surface area contributed by atoms with E-state index >= 15 is 0 Å². The van der Waals surface area contributed by atoms with Crippen molar-refractivity contribution >= 4 is 0 Å². The van der Waals surface area contributed by atoms with Crippen molar-refractivity contribution in [2.24, 2.45) is 11.7 Å². The van der Waals surface area contributed by atoms with Crippen LogP contribution in [0, 0.1) is 5.92 Å². The van der Waals surface area contributed by atoms with Crippen LogP contribution in [0.2, 0.25) is 0 Å². The van der Waals surface area contributed by atoms with Gasteiger partial charge in [-0.2, -0.15) is 0 Å². The normalized spacial score (nSPS) is 23.5. The number of ether oxygens (including phenoxy) is 2. The van der Waals surface area contributed by atoms with Crippen molar-refractivity contribution in [1.29, 1.82) is 0 Å². The highest BCUT2D eigenvalue weighted by atomic mass is 16.5. The lowest BCUT2D eigenvalue weighted by Crippen LogP contribution is -2.37. The molecule has 1 heterocycles. The van der Waals surface area contributed by atoms with E-state index < -0.39 is 0 Å². The van der Waals surface area contributed by atoms with Gasteiger partial charge in [-0.15, -0.1) is 0 Å². The molecule has 0 radical (unpaired) electrons. The van der Waals surface area contributed by atoms with Crippen molar-refractivity contribution < 1.29 is 9.47 Å². The Balaban J connectivity index is 2.21. The Bertz CT molecular complexity index is 102. The third kappa shape index (κ3) is 2.77. The monoisotopic (exact) mass is 159 g/mol. The van der Waals surface area contributed by atoms with Crippen LogP contribution in [0.3, 0.4) is 0 Å². The van der Waals surface area contributed by atoms with Crippen LogP contribution in [-0.4, -0.2) is 33.0 Å². The maximum absolute atomic E-state index is 5.88. The fraction of sp³-hybridized carbons (Fsp3) is 1.00. The van der Waals surface area contributed by atoms with E-state index in [1.54, 1.807) is 7.11 Å². The molecule has 1 aliphatic rings. The lowest BCUT2D eigenvalue weighted by molar-refractivity contribution is 0.0451. The topological polar surface area (TPSA) is 44.5 Å². The average Bonchev–Trinajstić information content (AvgIpc) is 2.07. The van der Waals surface area contributed by atoms with Gasteiger partial charge >= 0.3 is 0 Å². The quantitative estimate of drug-likeness (QED) is 0.647. The fourth-order valence-corrected chi connectivity index (χ4v) is 1.47. The summed E-state index contributed by atoms with van der Waals surface area (Å²) in [5.41, 5.74) is 5.88. The van der Waals surface area contributed by atoms with E-state index in [1.165, 1.54) is 0 Å². The summed E-state index contributed by atoms with van der Waals surface area (Å²) in [7, 11) is 1.69. The van der Waals surface area contributed by atoms with Crippen LogP contribution in [-0.2, 0) is 9.47 Å². The second-order valence-electron chi connectivity index (χ2n) is 3.07. The largest absolute Gasteiger partial charge is 0.383 e. The molecule has 3 nitrogen and oxygen atoms in total. The smallest absolute Gasteiger partial charge is 0.0616 e. The van der Waals surface area contributed by atoms with Gasteiger partial charge in [0, 0.05) is 26.4 Å². The summed E-state index contributed by atoms with van der Waals surface area (Å²) in [4.78, 5) is 0. The number of hydrogen-bond acceptors (Lipinski definition) is 3. The highest BCUT2D eigenvalue weighted by molar-refractivity contribution is 4.74. The van der Waals surface area contributed by atoms with E-state index in [9.17, 15) is 0 Å². The molecule has 1 aliphatic heterocycles. The average molecular weight is 159 g/mol. The Kier molecular flexibility index (Phi) is 3.83. The van der Waals surface area contributed by atoms with Crippen LogP contribution in [0.15, 0.2) is 0 Å². The Labute approximate surface area is 67.9 Å². The van der Waals surface area contributed by atoms with E-state index in [0.717, 1.165) is 26.1 Å². The van der Waals surface area contributed by atoms with Gasteiger partial charge in [-0.1, -0.05) is 0 Å². The van der Waals surface area contributed by atoms with Gasteiger partial charge in [0.2, 0.25) is 0 Å². The minimum Gasteiger partial charge on any atom is -0.383 e. The first-order chi connectivity index (χ1) is 5.34. The third-order valence-electron chi connectivity index (χ3n) is 2.23. The maximum atomic E-state index is 5.88. The van der Waals surface area contributed by atoms with Gasteiger partial charge in [-0.3, -0.25) is 0 Å². The second-order valence-corrected chi connectivity index (χ2v) is 3.07. The van der Waals surface area contributed by atoms with Crippen molar-refractivity contribution in [3.63, 3.8) is 0 Å². The van der Waals surface area contributed by atoms with Gasteiger partial charge < -0.3 is 15.2 Å². The molecular weight excluding hydrogens is 142 g/mol. The molecule has 0 aromatic heterocycles. The zero-order valence-corrected chi connectivity index (χ0v) is 7.08. The number of methoxy groups -OCH3 is 1. The molecule has 0 unspecified atom stereocenters. The zero-order valence-electron chi connectivity index (χ0n) is 7.08. The van der Waals surface area contributed by atoms with E-state index in [-0.39, 0.29) is 6.04 Å². The lowest BCUT2D eigenvalue weighted by atomic mass is 9.93. The first kappa shape index (κ1) is 8.97. The summed E-state index contributed by atoms with van der Waals surface area (Å²) in [6.45, 7) is 2.40. The summed E-state index contributed by atoms with van der Waals surface area (Å²) >= 11 is 0. The van der Waals surface area contributed by atoms with Crippen LogP contribution in [0.25, 0.3) is 0 Å². The molecule has 0 bridgehead atoms. The second kappa shape index (κ2) is 4.70. The Hall–Kier alpha value is -0.120. The summed E-state index contributed by atoms with van der Waals surface area (Å²) in [6.07, 6.45) is 2.18. The highest BCUT2D eigenvalue weighted by Crippen LogP contribution is 2.17. The third-order valence-corrected chi connectivity index (χ3v) is 2.23. The first-order valence-electron chi connectivity index (χ1n) is 4.17. The number of hydrogen-bond donors (Lipinski definition) is 1. The van der Waals surface area contributed by atoms with Crippen LogP contribution < -0.4 is 5.73 Å². The van der Waals surface area contributed by atoms with Gasteiger partial charge in [-0.05, 0) is 18.8 Å². The molecule has 0 amide bonds. The van der Waals surface area contributed by atoms with E-state index in [1.807, 2.05) is 0 Å². The lowest BCUT2D eigenvalue weighted by Gasteiger charge is -2.26. The zero-order chi connectivity index (χ0) is 8.10. The Morgan fingerprint density at radius 2 is 2.18 bits per heavy atom. The summed E-state index contributed by atoms with van der Waals surface area (Å²) in [5, 5.41) is 0. The molecule has 66 valence electrons. The molecule has 0 aromatic carbocycles. The summed E-state index contributed by atoms with van der Waals surface area (Å²) in [6, 6.07) is 0.198. The number of nitrogens with two attached hydrogens (primary N) is 1. The molecule has 1 rings (SSSR count). The van der Waals surface area contributed by atoms with Crippen molar-refractivity contribution in [1.82, 2.24) is 0 Å². The van der Waals surface area contributed by atoms with Crippen LogP contribution >= 0.6 is 0 Å². The first-order valence-corrected chi connectivity index (χ1v) is 4.17. The molecule has 3 heteroatoms. The minimum absolute atomic E-state index is 0.198. The van der Waals surface area contributed by atoms with E-state index in [0.29, 0.717) is 12.5 Å². The Morgan fingerprint density at radius 3 is 2.73 bits per heavy atom. The SMILES string of the molecule is COC[C@@H](N)C1CCOCC1. The molecule has 1 saturated heterocycles. The Morgan fingerprint density at radius 1 is 1.55 bits per heavy atom. The summed E-state index contributed by atoms with van der Waals surface area (Å²) < 4.78 is 10.2. The van der Waals surface area contributed by atoms with Gasteiger partial charge in [0.25, 0.3) is 0 Å². The molecule has 0 aliphatic carbocycles. The van der Waals surface area contributed by atoms with Crippen LogP contribution in [0.4, 0.5) is 0 Å². The predicted molar refractivity (Wildman–Crippen MR) is 43.4 cm³/mol. The molecule has 1 atom stereocenters. The molecule has 0 saturated carbocycles. The fourth-order valence-electron chi connectivity index (χ4n) is 1.47.